The van der Waals surface area contributed by atoms with Crippen molar-refractivity contribution in [2.24, 2.45) is 0 Å². The fourth-order valence-electron chi connectivity index (χ4n) is 1.00. The minimum absolute atomic E-state index is 0.736. The highest BCUT2D eigenvalue weighted by Gasteiger charge is 1.99. The number of nitrogens with zero attached hydrogens (tertiary/aromatic N) is 1. The van der Waals surface area contributed by atoms with E-state index >= 15 is 0 Å². The molecule has 0 aliphatic heterocycles. The normalized spacial score (nSPS) is 10.5. The number of aromatic nitrogens is 2. The number of hydrogen-bond donors (Lipinski definition) is 1. The monoisotopic (exact) mass is 366 g/mol. The van der Waals surface area contributed by atoms with Gasteiger partial charge in [-0.3, -0.25) is 5.10 Å². The summed E-state index contributed by atoms with van der Waals surface area (Å²) in [4.78, 5) is 0. The van der Waals surface area contributed by atoms with Gasteiger partial charge in [0.2, 0.25) is 0 Å². The molecule has 1 N–H and O–H groups in total. The third-order valence-electron chi connectivity index (χ3n) is 1.69. The molecule has 0 spiro atoms. The lowest BCUT2D eigenvalue weighted by molar-refractivity contribution is 1.00. The van der Waals surface area contributed by atoms with Gasteiger partial charge >= 0.3 is 0 Å². The standard InChI is InChI=1S/C9H7IN2S3/c10-7-3-1-6(2-4-7)5-14-9-12-11-8(13)15-9/h1-4H,5H2,(H,11,13). The molecule has 0 bridgehead atoms. The third-order valence-corrected chi connectivity index (χ3v) is 4.72. The van der Waals surface area contributed by atoms with E-state index in [1.165, 1.54) is 20.5 Å². The van der Waals surface area contributed by atoms with Crippen LogP contribution in [-0.2, 0) is 5.75 Å². The highest BCUT2D eigenvalue weighted by atomic mass is 127. The van der Waals surface area contributed by atoms with E-state index < -0.39 is 0 Å². The van der Waals surface area contributed by atoms with E-state index in [2.05, 4.69) is 57.1 Å². The summed E-state index contributed by atoms with van der Waals surface area (Å²) in [6, 6.07) is 8.51. The van der Waals surface area contributed by atoms with Crippen molar-refractivity contribution in [2.45, 2.75) is 10.1 Å². The summed E-state index contributed by atoms with van der Waals surface area (Å²) in [6.45, 7) is 0. The minimum Gasteiger partial charge on any atom is -0.257 e. The van der Waals surface area contributed by atoms with Crippen LogP contribution in [-0.4, -0.2) is 10.2 Å². The fourth-order valence-corrected chi connectivity index (χ4v) is 3.40. The summed E-state index contributed by atoms with van der Waals surface area (Å²) in [5, 5.41) is 6.87. The second kappa shape index (κ2) is 5.42. The smallest absolute Gasteiger partial charge is 0.177 e. The van der Waals surface area contributed by atoms with Crippen LogP contribution in [0.2, 0.25) is 0 Å². The number of aromatic amines is 1. The second-order valence-electron chi connectivity index (χ2n) is 2.79. The quantitative estimate of drug-likeness (QED) is 0.504. The van der Waals surface area contributed by atoms with Crippen LogP contribution in [0.25, 0.3) is 0 Å². The first-order valence-corrected chi connectivity index (χ1v) is 7.46. The molecule has 2 aromatic rings. The molecule has 1 aromatic carbocycles. The van der Waals surface area contributed by atoms with Gasteiger partial charge in [0.1, 0.15) is 0 Å². The lowest BCUT2D eigenvalue weighted by Crippen LogP contribution is -1.80. The summed E-state index contributed by atoms with van der Waals surface area (Å²) in [7, 11) is 0. The molecule has 0 saturated heterocycles. The maximum atomic E-state index is 4.97. The summed E-state index contributed by atoms with van der Waals surface area (Å²) in [6.07, 6.45) is 0. The molecule has 0 aliphatic carbocycles. The van der Waals surface area contributed by atoms with Crippen molar-refractivity contribution in [2.75, 3.05) is 0 Å². The number of H-pyrrole nitrogens is 1. The largest absolute Gasteiger partial charge is 0.257 e. The fraction of sp³-hybridized carbons (Fsp3) is 0.111. The minimum atomic E-state index is 0.736. The number of benzene rings is 1. The maximum Gasteiger partial charge on any atom is 0.177 e. The number of halogens is 1. The average molecular weight is 366 g/mol. The summed E-state index contributed by atoms with van der Waals surface area (Å²) >= 11 is 10.5. The van der Waals surface area contributed by atoms with Crippen LogP contribution < -0.4 is 0 Å². The Morgan fingerprint density at radius 1 is 1.40 bits per heavy atom. The van der Waals surface area contributed by atoms with E-state index in [9.17, 15) is 0 Å². The zero-order chi connectivity index (χ0) is 10.7. The van der Waals surface area contributed by atoms with E-state index in [1.807, 2.05) is 0 Å². The first-order chi connectivity index (χ1) is 7.24. The molecule has 78 valence electrons. The highest BCUT2D eigenvalue weighted by molar-refractivity contribution is 14.1. The van der Waals surface area contributed by atoms with Crippen LogP contribution in [0.5, 0.6) is 0 Å². The number of nitrogens with one attached hydrogen (secondary N) is 1. The van der Waals surface area contributed by atoms with Crippen LogP contribution in [0.4, 0.5) is 0 Å². The molecular weight excluding hydrogens is 359 g/mol. The Morgan fingerprint density at radius 2 is 2.13 bits per heavy atom. The summed E-state index contributed by atoms with van der Waals surface area (Å²) in [5.41, 5.74) is 1.31. The maximum absolute atomic E-state index is 4.97. The topological polar surface area (TPSA) is 28.7 Å². The molecule has 0 fully saturated rings. The van der Waals surface area contributed by atoms with Gasteiger partial charge in [-0.15, -0.1) is 0 Å². The Balaban J connectivity index is 1.99. The predicted molar refractivity (Wildman–Crippen MR) is 76.0 cm³/mol. The molecule has 0 saturated carbocycles. The number of thioether (sulfide) groups is 1. The van der Waals surface area contributed by atoms with Crippen molar-refractivity contribution in [1.29, 1.82) is 0 Å². The van der Waals surface area contributed by atoms with Gasteiger partial charge < -0.3 is 0 Å². The van der Waals surface area contributed by atoms with Crippen molar-refractivity contribution in [3.8, 4) is 0 Å². The molecule has 15 heavy (non-hydrogen) atoms. The summed E-state index contributed by atoms with van der Waals surface area (Å²) in [5.74, 6) is 0.938. The van der Waals surface area contributed by atoms with Crippen LogP contribution in [0, 0.1) is 7.52 Å². The molecule has 0 unspecified atom stereocenters. The van der Waals surface area contributed by atoms with Crippen LogP contribution in [0.3, 0.4) is 0 Å². The van der Waals surface area contributed by atoms with Crippen LogP contribution in [0.15, 0.2) is 28.6 Å². The molecule has 1 heterocycles. The second-order valence-corrected chi connectivity index (χ2v) is 6.93. The average Bonchev–Trinajstić information content (AvgIpc) is 2.64. The Bertz CT molecular complexity index is 489. The lowest BCUT2D eigenvalue weighted by Gasteiger charge is -1.98. The third kappa shape index (κ3) is 3.54. The molecule has 0 atom stereocenters. The SMILES string of the molecule is S=c1[nH]nc(SCc2ccc(I)cc2)s1. The van der Waals surface area contributed by atoms with Crippen molar-refractivity contribution < 1.29 is 0 Å². The van der Waals surface area contributed by atoms with Crippen molar-refractivity contribution >= 4 is 57.9 Å². The Hall–Kier alpha value is 0.0800. The van der Waals surface area contributed by atoms with E-state index in [0.29, 0.717) is 0 Å². The number of hydrogen-bond acceptors (Lipinski definition) is 4. The van der Waals surface area contributed by atoms with Crippen LogP contribution in [0.1, 0.15) is 5.56 Å². The molecule has 0 radical (unpaired) electrons. The van der Waals surface area contributed by atoms with Gasteiger partial charge in [-0.05, 0) is 52.5 Å². The summed E-state index contributed by atoms with van der Waals surface area (Å²) < 4.78 is 3.00. The molecule has 1 aromatic heterocycles. The van der Waals surface area contributed by atoms with E-state index in [-0.39, 0.29) is 0 Å². The van der Waals surface area contributed by atoms with Gasteiger partial charge in [-0.25, -0.2) is 0 Å². The van der Waals surface area contributed by atoms with E-state index in [1.54, 1.807) is 11.8 Å². The van der Waals surface area contributed by atoms with Gasteiger partial charge in [0.15, 0.2) is 8.29 Å². The van der Waals surface area contributed by atoms with Gasteiger partial charge in [0.05, 0.1) is 0 Å². The van der Waals surface area contributed by atoms with E-state index in [4.69, 9.17) is 12.2 Å². The van der Waals surface area contributed by atoms with Crippen LogP contribution >= 0.6 is 57.9 Å². The Morgan fingerprint density at radius 3 is 2.73 bits per heavy atom. The first-order valence-electron chi connectivity index (χ1n) is 4.17. The lowest BCUT2D eigenvalue weighted by atomic mass is 10.2. The van der Waals surface area contributed by atoms with Gasteiger partial charge in [0.25, 0.3) is 0 Å². The van der Waals surface area contributed by atoms with Gasteiger partial charge in [0, 0.05) is 9.32 Å². The molecular formula is C9H7IN2S3. The number of rotatable bonds is 3. The molecule has 2 nitrogen and oxygen atoms in total. The molecule has 0 aliphatic rings. The molecule has 2 rings (SSSR count). The highest BCUT2D eigenvalue weighted by Crippen LogP contribution is 2.24. The van der Waals surface area contributed by atoms with Gasteiger partial charge in [-0.2, -0.15) is 5.10 Å². The van der Waals surface area contributed by atoms with Gasteiger partial charge in [-0.1, -0.05) is 35.2 Å². The molecule has 6 heteroatoms. The Labute approximate surface area is 115 Å². The zero-order valence-electron chi connectivity index (χ0n) is 7.57. The predicted octanol–water partition coefficient (Wildman–Crippen LogP) is 4.10. The van der Waals surface area contributed by atoms with E-state index in [0.717, 1.165) is 14.0 Å². The zero-order valence-corrected chi connectivity index (χ0v) is 12.2. The molecule has 0 amide bonds. The first kappa shape index (κ1) is 11.6. The van der Waals surface area contributed by atoms with Crippen molar-refractivity contribution in [1.82, 2.24) is 10.2 Å². The Kier molecular flexibility index (Phi) is 4.18. The van der Waals surface area contributed by atoms with Crippen molar-refractivity contribution in [3.05, 3.63) is 37.4 Å². The van der Waals surface area contributed by atoms with Crippen molar-refractivity contribution in [3.63, 3.8) is 0 Å².